The Morgan fingerprint density at radius 3 is 2.82 bits per heavy atom. The van der Waals surface area contributed by atoms with Gasteiger partial charge >= 0.3 is 0 Å². The number of halogens is 1. The fourth-order valence-electron chi connectivity index (χ4n) is 2.07. The molecule has 0 bridgehead atoms. The van der Waals surface area contributed by atoms with Gasteiger partial charge < -0.3 is 5.11 Å². The third kappa shape index (κ3) is 2.80. The molecule has 0 fully saturated rings. The summed E-state index contributed by atoms with van der Waals surface area (Å²) in [5, 5.41) is 9.88. The number of benzene rings is 1. The molecule has 0 aromatic heterocycles. The van der Waals surface area contributed by atoms with E-state index in [-0.39, 0.29) is 11.6 Å². The fraction of sp³-hybridized carbons (Fsp3) is 0.455. The Kier molecular flexibility index (Phi) is 3.73. The van der Waals surface area contributed by atoms with Gasteiger partial charge in [0.25, 0.3) is 0 Å². The van der Waals surface area contributed by atoms with Crippen molar-refractivity contribution in [1.29, 1.82) is 0 Å². The van der Waals surface area contributed by atoms with E-state index in [4.69, 9.17) is 11.6 Å². The summed E-state index contributed by atoms with van der Waals surface area (Å²) in [6, 6.07) is 6.88. The van der Waals surface area contributed by atoms with E-state index in [1.54, 1.807) is 0 Å². The quantitative estimate of drug-likeness (QED) is 0.799. The molecule has 17 heavy (non-hydrogen) atoms. The largest absolute Gasteiger partial charge is 0.391 e. The minimum Gasteiger partial charge on any atom is -0.391 e. The molecule has 0 saturated carbocycles. The zero-order valence-electron chi connectivity index (χ0n) is 9.14. The summed E-state index contributed by atoms with van der Waals surface area (Å²) in [7, 11) is -3.43. The van der Waals surface area contributed by atoms with Gasteiger partial charge in [-0.25, -0.2) is 13.1 Å². The summed E-state index contributed by atoms with van der Waals surface area (Å²) in [6.07, 6.45) is -0.234. The van der Waals surface area contributed by atoms with E-state index in [2.05, 4.69) is 4.72 Å². The second-order valence-corrected chi connectivity index (χ2v) is 6.33. The first-order chi connectivity index (χ1) is 8.03. The molecule has 6 heteroatoms. The van der Waals surface area contributed by atoms with Gasteiger partial charge in [0.1, 0.15) is 0 Å². The molecular formula is C11H14ClNO3S. The van der Waals surface area contributed by atoms with Gasteiger partial charge in [0.15, 0.2) is 0 Å². The lowest BCUT2D eigenvalue weighted by atomic mass is 10.1. The second-order valence-electron chi connectivity index (χ2n) is 4.07. The summed E-state index contributed by atoms with van der Waals surface area (Å²) in [5.41, 5.74) is 1.83. The van der Waals surface area contributed by atoms with Crippen molar-refractivity contribution in [3.63, 3.8) is 0 Å². The second kappa shape index (κ2) is 4.94. The maximum atomic E-state index is 11.6. The first-order valence-corrected chi connectivity index (χ1v) is 7.54. The standard InChI is InChI=1S/C11H14ClNO3S/c12-5-6-17(15,16)13-11-9-4-2-1-3-8(9)7-10(11)14/h1-4,10-11,13-14H,5-7H2/t10-,11+/m0/s1. The smallest absolute Gasteiger partial charge is 0.213 e. The Balaban J connectivity index is 2.23. The summed E-state index contributed by atoms with van der Waals surface area (Å²) in [5.74, 6) is -0.0975. The Morgan fingerprint density at radius 1 is 1.41 bits per heavy atom. The lowest BCUT2D eigenvalue weighted by Crippen LogP contribution is -2.35. The number of nitrogens with one attached hydrogen (secondary N) is 1. The molecule has 0 saturated heterocycles. The molecule has 94 valence electrons. The highest BCUT2D eigenvalue weighted by Gasteiger charge is 2.33. The summed E-state index contributed by atoms with van der Waals surface area (Å²) in [6.45, 7) is 0. The molecule has 4 nitrogen and oxygen atoms in total. The molecular weight excluding hydrogens is 262 g/mol. The lowest BCUT2D eigenvalue weighted by molar-refractivity contribution is 0.151. The van der Waals surface area contributed by atoms with Gasteiger partial charge in [-0.05, 0) is 11.1 Å². The minimum atomic E-state index is -3.43. The van der Waals surface area contributed by atoms with Crippen molar-refractivity contribution in [3.8, 4) is 0 Å². The van der Waals surface area contributed by atoms with E-state index in [0.29, 0.717) is 6.42 Å². The molecule has 1 aromatic rings. The van der Waals surface area contributed by atoms with E-state index < -0.39 is 22.2 Å². The van der Waals surface area contributed by atoms with Crippen molar-refractivity contribution in [3.05, 3.63) is 35.4 Å². The molecule has 0 heterocycles. The van der Waals surface area contributed by atoms with E-state index in [9.17, 15) is 13.5 Å². The summed E-state index contributed by atoms with van der Waals surface area (Å²) in [4.78, 5) is 0. The number of alkyl halides is 1. The monoisotopic (exact) mass is 275 g/mol. The number of hydrogen-bond acceptors (Lipinski definition) is 3. The van der Waals surface area contributed by atoms with Crippen LogP contribution in [-0.2, 0) is 16.4 Å². The zero-order chi connectivity index (χ0) is 12.5. The van der Waals surface area contributed by atoms with Crippen LogP contribution in [0.3, 0.4) is 0 Å². The number of sulfonamides is 1. The average Bonchev–Trinajstić information content (AvgIpc) is 2.55. The maximum Gasteiger partial charge on any atom is 0.213 e. The van der Waals surface area contributed by atoms with E-state index >= 15 is 0 Å². The van der Waals surface area contributed by atoms with Gasteiger partial charge in [0.2, 0.25) is 10.0 Å². The number of fused-ring (bicyclic) bond motifs is 1. The molecule has 1 aromatic carbocycles. The number of rotatable bonds is 4. The van der Waals surface area contributed by atoms with Crippen molar-refractivity contribution in [2.45, 2.75) is 18.6 Å². The molecule has 0 unspecified atom stereocenters. The topological polar surface area (TPSA) is 66.4 Å². The van der Waals surface area contributed by atoms with Gasteiger partial charge in [-0.1, -0.05) is 24.3 Å². The molecule has 0 radical (unpaired) electrons. The molecule has 1 aliphatic carbocycles. The molecule has 0 spiro atoms. The van der Waals surface area contributed by atoms with Gasteiger partial charge in [-0.3, -0.25) is 0 Å². The maximum absolute atomic E-state index is 11.6. The van der Waals surface area contributed by atoms with Crippen LogP contribution in [0.15, 0.2) is 24.3 Å². The van der Waals surface area contributed by atoms with Crippen LogP contribution in [0.2, 0.25) is 0 Å². The normalized spacial score (nSPS) is 23.6. The van der Waals surface area contributed by atoms with Crippen LogP contribution >= 0.6 is 11.6 Å². The lowest BCUT2D eigenvalue weighted by Gasteiger charge is -2.17. The van der Waals surface area contributed by atoms with Gasteiger partial charge in [0.05, 0.1) is 17.9 Å². The average molecular weight is 276 g/mol. The predicted molar refractivity (Wildman–Crippen MR) is 66.5 cm³/mol. The van der Waals surface area contributed by atoms with E-state index in [1.165, 1.54) is 0 Å². The first-order valence-electron chi connectivity index (χ1n) is 5.35. The molecule has 0 amide bonds. The number of hydrogen-bond donors (Lipinski definition) is 2. The first kappa shape index (κ1) is 12.8. The Bertz CT molecular complexity index is 503. The highest BCUT2D eigenvalue weighted by Crippen LogP contribution is 2.31. The van der Waals surface area contributed by atoms with Crippen LogP contribution in [0.5, 0.6) is 0 Å². The van der Waals surface area contributed by atoms with Crippen molar-refractivity contribution < 1.29 is 13.5 Å². The van der Waals surface area contributed by atoms with Gasteiger partial charge in [-0.2, -0.15) is 0 Å². The van der Waals surface area contributed by atoms with Crippen molar-refractivity contribution >= 4 is 21.6 Å². The van der Waals surface area contributed by atoms with Crippen LogP contribution < -0.4 is 4.72 Å². The van der Waals surface area contributed by atoms with Crippen LogP contribution in [0, 0.1) is 0 Å². The van der Waals surface area contributed by atoms with Gasteiger partial charge in [0, 0.05) is 12.3 Å². The highest BCUT2D eigenvalue weighted by molar-refractivity contribution is 7.89. The van der Waals surface area contributed by atoms with Crippen LogP contribution in [0.4, 0.5) is 0 Å². The van der Waals surface area contributed by atoms with Crippen LogP contribution in [0.1, 0.15) is 17.2 Å². The molecule has 2 atom stereocenters. The van der Waals surface area contributed by atoms with Crippen molar-refractivity contribution in [2.75, 3.05) is 11.6 Å². The Morgan fingerprint density at radius 2 is 2.12 bits per heavy atom. The molecule has 0 aliphatic heterocycles. The van der Waals surface area contributed by atoms with E-state index in [0.717, 1.165) is 11.1 Å². The predicted octanol–water partition coefficient (Wildman–Crippen LogP) is 0.803. The Labute approximate surface area is 106 Å². The third-order valence-electron chi connectivity index (χ3n) is 2.86. The zero-order valence-corrected chi connectivity index (χ0v) is 10.7. The fourth-order valence-corrected chi connectivity index (χ4v) is 3.67. The minimum absolute atomic E-state index is 0.0415. The summed E-state index contributed by atoms with van der Waals surface area (Å²) >= 11 is 5.43. The highest BCUT2D eigenvalue weighted by atomic mass is 35.5. The molecule has 1 aliphatic rings. The van der Waals surface area contributed by atoms with Crippen molar-refractivity contribution in [1.82, 2.24) is 4.72 Å². The Hall–Kier alpha value is -0.620. The number of aliphatic hydroxyl groups excluding tert-OH is 1. The number of aliphatic hydroxyl groups is 1. The third-order valence-corrected chi connectivity index (χ3v) is 4.62. The van der Waals surface area contributed by atoms with Gasteiger partial charge in [-0.15, -0.1) is 11.6 Å². The van der Waals surface area contributed by atoms with Crippen LogP contribution in [-0.4, -0.2) is 31.3 Å². The van der Waals surface area contributed by atoms with Crippen molar-refractivity contribution in [2.24, 2.45) is 0 Å². The summed E-state index contributed by atoms with van der Waals surface area (Å²) < 4.78 is 25.8. The van der Waals surface area contributed by atoms with Crippen LogP contribution in [0.25, 0.3) is 0 Å². The molecule has 2 rings (SSSR count). The SMILES string of the molecule is O=S(=O)(CCCl)N[C@@H]1c2ccccc2C[C@@H]1O. The molecule has 2 N–H and O–H groups in total. The van der Waals surface area contributed by atoms with E-state index in [1.807, 2.05) is 24.3 Å².